The van der Waals surface area contributed by atoms with E-state index in [0.29, 0.717) is 0 Å². The molecule has 19 heavy (non-hydrogen) atoms. The van der Waals surface area contributed by atoms with Gasteiger partial charge in [0.1, 0.15) is 0 Å². The van der Waals surface area contributed by atoms with Gasteiger partial charge in [-0.25, -0.2) is 0 Å². The Hall–Kier alpha value is -0.540. The summed E-state index contributed by atoms with van der Waals surface area (Å²) < 4.78 is 1.25. The molecule has 2 saturated heterocycles. The van der Waals surface area contributed by atoms with Crippen LogP contribution in [0, 0.1) is 5.92 Å². The molecule has 2 heterocycles. The zero-order chi connectivity index (χ0) is 13.2. The smallest absolute Gasteiger partial charge is 0.0515 e. The monoisotopic (exact) mass is 322 g/mol. The highest BCUT2D eigenvalue weighted by molar-refractivity contribution is 9.10. The molecule has 0 spiro atoms. The number of piperidine rings is 1. The molecule has 0 saturated carbocycles. The van der Waals surface area contributed by atoms with Gasteiger partial charge >= 0.3 is 0 Å². The summed E-state index contributed by atoms with van der Waals surface area (Å²) in [6.45, 7) is 1.17. The van der Waals surface area contributed by atoms with Crippen LogP contribution in [0.5, 0.6) is 0 Å². The predicted molar refractivity (Wildman–Crippen MR) is 84.7 cm³/mol. The van der Waals surface area contributed by atoms with Crippen LogP contribution < -0.4 is 10.2 Å². The first kappa shape index (κ1) is 13.4. The van der Waals surface area contributed by atoms with Gasteiger partial charge in [-0.05, 0) is 79.7 Å². The fourth-order valence-corrected chi connectivity index (χ4v) is 4.42. The highest BCUT2D eigenvalue weighted by Crippen LogP contribution is 2.44. The van der Waals surface area contributed by atoms with Crippen molar-refractivity contribution in [2.45, 2.75) is 44.2 Å². The lowest BCUT2D eigenvalue weighted by molar-refractivity contribution is 0.320. The Morgan fingerprint density at radius 3 is 2.53 bits per heavy atom. The molecular weight excluding hydrogens is 300 g/mol. The molecule has 2 atom stereocenters. The average molecular weight is 323 g/mol. The molecule has 0 amide bonds. The van der Waals surface area contributed by atoms with E-state index in [4.69, 9.17) is 0 Å². The first-order valence-corrected chi connectivity index (χ1v) is 8.26. The van der Waals surface area contributed by atoms with Crippen molar-refractivity contribution < 1.29 is 0 Å². The average Bonchev–Trinajstić information content (AvgIpc) is 2.68. The fraction of sp³-hybridized carbons (Fsp3) is 0.625. The highest BCUT2D eigenvalue weighted by atomic mass is 79.9. The zero-order valence-electron chi connectivity index (χ0n) is 11.6. The van der Waals surface area contributed by atoms with E-state index in [0.717, 1.165) is 18.0 Å². The highest BCUT2D eigenvalue weighted by Gasteiger charge is 2.40. The van der Waals surface area contributed by atoms with Gasteiger partial charge in [0.15, 0.2) is 0 Å². The van der Waals surface area contributed by atoms with Gasteiger partial charge in [0, 0.05) is 16.6 Å². The Kier molecular flexibility index (Phi) is 4.13. The van der Waals surface area contributed by atoms with Crippen molar-refractivity contribution >= 4 is 21.6 Å². The number of para-hydroxylation sites is 1. The minimum atomic E-state index is 0.763. The van der Waals surface area contributed by atoms with E-state index in [1.54, 1.807) is 0 Å². The quantitative estimate of drug-likeness (QED) is 0.906. The minimum Gasteiger partial charge on any atom is -0.365 e. The molecular formula is C16H23BrN2. The van der Waals surface area contributed by atoms with E-state index >= 15 is 0 Å². The van der Waals surface area contributed by atoms with Gasteiger partial charge in [0.2, 0.25) is 0 Å². The molecule has 2 unspecified atom stereocenters. The lowest BCUT2D eigenvalue weighted by atomic mass is 9.88. The van der Waals surface area contributed by atoms with Crippen molar-refractivity contribution in [3.05, 3.63) is 28.7 Å². The van der Waals surface area contributed by atoms with Gasteiger partial charge < -0.3 is 10.2 Å². The van der Waals surface area contributed by atoms with Crippen LogP contribution >= 0.6 is 15.9 Å². The lowest BCUT2D eigenvalue weighted by Crippen LogP contribution is -2.43. The summed E-state index contributed by atoms with van der Waals surface area (Å²) in [6.07, 6.45) is 6.84. The number of halogens is 1. The van der Waals surface area contributed by atoms with Crippen LogP contribution in [0.1, 0.15) is 32.1 Å². The summed E-state index contributed by atoms with van der Waals surface area (Å²) in [4.78, 5) is 2.69. The molecule has 104 valence electrons. The predicted octanol–water partition coefficient (Wildman–Crippen LogP) is 3.81. The zero-order valence-corrected chi connectivity index (χ0v) is 13.2. The number of fused-ring (bicyclic) bond motifs is 2. The maximum atomic E-state index is 3.72. The number of hydrogen-bond acceptors (Lipinski definition) is 2. The van der Waals surface area contributed by atoms with Crippen molar-refractivity contribution in [3.63, 3.8) is 0 Å². The van der Waals surface area contributed by atoms with Crippen LogP contribution in [0.2, 0.25) is 0 Å². The lowest BCUT2D eigenvalue weighted by Gasteiger charge is -2.41. The summed E-state index contributed by atoms with van der Waals surface area (Å²) in [5.74, 6) is 0.920. The number of hydrogen-bond donors (Lipinski definition) is 1. The van der Waals surface area contributed by atoms with Crippen molar-refractivity contribution in [2.24, 2.45) is 5.92 Å². The minimum absolute atomic E-state index is 0.763. The maximum absolute atomic E-state index is 3.72. The van der Waals surface area contributed by atoms with Gasteiger partial charge in [-0.3, -0.25) is 0 Å². The molecule has 2 nitrogen and oxygen atoms in total. The summed E-state index contributed by atoms with van der Waals surface area (Å²) in [6, 6.07) is 10.2. The molecule has 0 aliphatic carbocycles. The third-order valence-electron chi connectivity index (χ3n) is 4.76. The number of benzene rings is 1. The normalized spacial score (nSPS) is 29.8. The van der Waals surface area contributed by atoms with E-state index in [1.807, 2.05) is 0 Å². The fourth-order valence-electron chi connectivity index (χ4n) is 3.93. The van der Waals surface area contributed by atoms with Gasteiger partial charge in [-0.15, -0.1) is 0 Å². The summed E-state index contributed by atoms with van der Waals surface area (Å²) >= 11 is 3.72. The molecule has 2 fully saturated rings. The maximum Gasteiger partial charge on any atom is 0.0515 e. The van der Waals surface area contributed by atoms with Gasteiger partial charge in [-0.1, -0.05) is 12.1 Å². The second-order valence-electron chi connectivity index (χ2n) is 5.97. The third-order valence-corrected chi connectivity index (χ3v) is 5.43. The molecule has 2 aliphatic heterocycles. The SMILES string of the molecule is CNCCC1CC2CCC(C1)N2c1ccccc1Br. The molecule has 3 heteroatoms. The van der Waals surface area contributed by atoms with E-state index in [-0.39, 0.29) is 0 Å². The molecule has 2 bridgehead atoms. The van der Waals surface area contributed by atoms with Crippen LogP contribution in [-0.2, 0) is 0 Å². The Morgan fingerprint density at radius 1 is 1.21 bits per heavy atom. The molecule has 1 aromatic rings. The summed E-state index contributed by atoms with van der Waals surface area (Å²) in [5, 5.41) is 3.30. The Balaban J connectivity index is 1.75. The van der Waals surface area contributed by atoms with Gasteiger partial charge in [-0.2, -0.15) is 0 Å². The number of rotatable bonds is 4. The van der Waals surface area contributed by atoms with Crippen LogP contribution in [0.3, 0.4) is 0 Å². The molecule has 0 aromatic heterocycles. The van der Waals surface area contributed by atoms with E-state index < -0.39 is 0 Å². The topological polar surface area (TPSA) is 15.3 Å². The van der Waals surface area contributed by atoms with E-state index in [1.165, 1.54) is 48.8 Å². The largest absolute Gasteiger partial charge is 0.365 e. The Morgan fingerprint density at radius 2 is 1.89 bits per heavy atom. The molecule has 1 N–H and O–H groups in total. The summed E-state index contributed by atoms with van der Waals surface area (Å²) in [7, 11) is 2.06. The first-order chi connectivity index (χ1) is 9.29. The first-order valence-electron chi connectivity index (χ1n) is 7.47. The second-order valence-corrected chi connectivity index (χ2v) is 6.83. The van der Waals surface area contributed by atoms with Crippen LogP contribution in [0.25, 0.3) is 0 Å². The summed E-state index contributed by atoms with van der Waals surface area (Å²) in [5.41, 5.74) is 1.40. The number of anilines is 1. The van der Waals surface area contributed by atoms with Crippen LogP contribution in [-0.4, -0.2) is 25.7 Å². The molecule has 0 radical (unpaired) electrons. The van der Waals surface area contributed by atoms with Crippen molar-refractivity contribution in [1.29, 1.82) is 0 Å². The van der Waals surface area contributed by atoms with E-state index in [2.05, 4.69) is 57.5 Å². The Bertz CT molecular complexity index is 421. The van der Waals surface area contributed by atoms with Crippen molar-refractivity contribution in [2.75, 3.05) is 18.5 Å². The number of nitrogens with one attached hydrogen (secondary N) is 1. The molecule has 2 aliphatic rings. The van der Waals surface area contributed by atoms with E-state index in [9.17, 15) is 0 Å². The second kappa shape index (κ2) is 5.84. The van der Waals surface area contributed by atoms with Crippen LogP contribution in [0.15, 0.2) is 28.7 Å². The third kappa shape index (κ3) is 2.68. The van der Waals surface area contributed by atoms with Crippen molar-refractivity contribution in [3.8, 4) is 0 Å². The Labute approximate surface area is 124 Å². The van der Waals surface area contributed by atoms with Crippen molar-refractivity contribution in [1.82, 2.24) is 5.32 Å². The van der Waals surface area contributed by atoms with Gasteiger partial charge in [0.25, 0.3) is 0 Å². The standard InChI is InChI=1S/C16H23BrN2/c1-18-9-8-12-10-13-6-7-14(11-12)19(13)16-5-3-2-4-15(16)17/h2-5,12-14,18H,6-11H2,1H3. The van der Waals surface area contributed by atoms with Gasteiger partial charge in [0.05, 0.1) is 5.69 Å². The number of nitrogens with zero attached hydrogens (tertiary/aromatic N) is 1. The molecule has 3 rings (SSSR count). The molecule has 1 aromatic carbocycles. The van der Waals surface area contributed by atoms with Crippen LogP contribution in [0.4, 0.5) is 5.69 Å².